The number of hydrogen-bond acceptors (Lipinski definition) is 5. The van der Waals surface area contributed by atoms with Crippen molar-refractivity contribution in [2.45, 2.75) is 23.8 Å². The van der Waals surface area contributed by atoms with Crippen molar-refractivity contribution in [1.82, 2.24) is 29.0 Å². The summed E-state index contributed by atoms with van der Waals surface area (Å²) in [6.45, 7) is 0.925. The van der Waals surface area contributed by atoms with Gasteiger partial charge in [-0.15, -0.1) is 0 Å². The van der Waals surface area contributed by atoms with Crippen LogP contribution in [0.4, 0.5) is 0 Å². The van der Waals surface area contributed by atoms with Crippen LogP contribution in [0.3, 0.4) is 0 Å². The number of aromatic amines is 1. The Labute approximate surface area is 182 Å². The van der Waals surface area contributed by atoms with Crippen LogP contribution in [0.2, 0.25) is 0 Å². The van der Waals surface area contributed by atoms with Crippen molar-refractivity contribution in [2.75, 3.05) is 13.1 Å². The number of nitrogens with one attached hydrogen (secondary N) is 1. The second-order valence-electron chi connectivity index (χ2n) is 7.26. The van der Waals surface area contributed by atoms with E-state index in [0.29, 0.717) is 30.8 Å². The zero-order valence-corrected chi connectivity index (χ0v) is 18.3. The van der Waals surface area contributed by atoms with Crippen LogP contribution in [0.5, 0.6) is 0 Å². The molecule has 1 aromatic carbocycles. The minimum atomic E-state index is -3.49. The van der Waals surface area contributed by atoms with E-state index in [4.69, 9.17) is 0 Å². The molecule has 0 spiro atoms. The van der Waals surface area contributed by atoms with E-state index in [-0.39, 0.29) is 6.04 Å². The van der Waals surface area contributed by atoms with Gasteiger partial charge in [0, 0.05) is 40.9 Å². The van der Waals surface area contributed by atoms with Gasteiger partial charge in [-0.25, -0.2) is 18.4 Å². The molecule has 0 aliphatic carbocycles. The van der Waals surface area contributed by atoms with E-state index >= 15 is 0 Å². The Kier molecular flexibility index (Phi) is 4.92. The Morgan fingerprint density at radius 3 is 2.77 bits per heavy atom. The van der Waals surface area contributed by atoms with Crippen LogP contribution in [0.1, 0.15) is 18.9 Å². The molecular weight excluding hydrogens is 468 g/mol. The first-order valence-corrected chi connectivity index (χ1v) is 11.8. The lowest BCUT2D eigenvalue weighted by Gasteiger charge is -2.31. The molecular formula is C20H19BrN6O2S. The molecule has 0 saturated carbocycles. The summed E-state index contributed by atoms with van der Waals surface area (Å²) in [6, 6.07) is 8.94. The number of sulfonamides is 1. The smallest absolute Gasteiger partial charge is 0.243 e. The first kappa shape index (κ1) is 19.4. The predicted octanol–water partition coefficient (Wildman–Crippen LogP) is 3.61. The molecule has 0 atom stereocenters. The van der Waals surface area contributed by atoms with Gasteiger partial charge in [-0.1, -0.05) is 22.0 Å². The van der Waals surface area contributed by atoms with Crippen LogP contribution in [-0.4, -0.2) is 50.5 Å². The van der Waals surface area contributed by atoms with Crippen molar-refractivity contribution in [3.63, 3.8) is 0 Å². The summed E-state index contributed by atoms with van der Waals surface area (Å²) in [4.78, 5) is 12.1. The van der Waals surface area contributed by atoms with Gasteiger partial charge in [-0.05, 0) is 37.1 Å². The summed E-state index contributed by atoms with van der Waals surface area (Å²) >= 11 is 3.35. The standard InChI is InChI=1S/C20H19BrN6O2S/c21-15-2-1-3-17(10-15)30(28,29)26-8-5-16(6-9-26)27-12-14(11-25-27)19-18-4-7-22-20(18)24-13-23-19/h1-4,7,10-13,16H,5-6,8-9H2,(H,22,23,24). The zero-order valence-electron chi connectivity index (χ0n) is 15.9. The highest BCUT2D eigenvalue weighted by Crippen LogP contribution is 2.30. The fourth-order valence-electron chi connectivity index (χ4n) is 3.89. The number of fused-ring (bicyclic) bond motifs is 1. The van der Waals surface area contributed by atoms with Crippen LogP contribution >= 0.6 is 15.9 Å². The van der Waals surface area contributed by atoms with Gasteiger partial charge in [-0.2, -0.15) is 9.40 Å². The normalized spacial score (nSPS) is 16.3. The molecule has 8 nitrogen and oxygen atoms in total. The van der Waals surface area contributed by atoms with Gasteiger partial charge in [0.2, 0.25) is 10.0 Å². The summed E-state index contributed by atoms with van der Waals surface area (Å²) in [7, 11) is -3.49. The van der Waals surface area contributed by atoms with Crippen LogP contribution in [0.25, 0.3) is 22.3 Å². The Morgan fingerprint density at radius 1 is 1.13 bits per heavy atom. The third kappa shape index (κ3) is 3.44. The Bertz CT molecular complexity index is 1310. The van der Waals surface area contributed by atoms with E-state index in [1.54, 1.807) is 28.7 Å². The van der Waals surface area contributed by atoms with E-state index in [2.05, 4.69) is 36.0 Å². The quantitative estimate of drug-likeness (QED) is 0.475. The number of benzene rings is 1. The average molecular weight is 487 g/mol. The fourth-order valence-corrected chi connectivity index (χ4v) is 5.95. The van der Waals surface area contributed by atoms with E-state index in [1.807, 2.05) is 29.2 Å². The van der Waals surface area contributed by atoms with Crippen molar-refractivity contribution in [1.29, 1.82) is 0 Å². The van der Waals surface area contributed by atoms with Crippen LogP contribution in [0.15, 0.2) is 64.6 Å². The van der Waals surface area contributed by atoms with Crippen LogP contribution < -0.4 is 0 Å². The van der Waals surface area contributed by atoms with Crippen LogP contribution in [-0.2, 0) is 10.0 Å². The highest BCUT2D eigenvalue weighted by molar-refractivity contribution is 9.10. The molecule has 5 rings (SSSR count). The summed E-state index contributed by atoms with van der Waals surface area (Å²) < 4.78 is 30.1. The van der Waals surface area contributed by atoms with Gasteiger partial charge in [-0.3, -0.25) is 4.68 Å². The number of piperidine rings is 1. The Balaban J connectivity index is 1.33. The van der Waals surface area contributed by atoms with Gasteiger partial charge in [0.25, 0.3) is 0 Å². The van der Waals surface area contributed by atoms with Crippen molar-refractivity contribution in [2.24, 2.45) is 0 Å². The zero-order chi connectivity index (χ0) is 20.7. The maximum Gasteiger partial charge on any atom is 0.243 e. The third-order valence-corrected chi connectivity index (χ3v) is 7.85. The molecule has 0 amide bonds. The summed E-state index contributed by atoms with van der Waals surface area (Å²) in [5.74, 6) is 0. The average Bonchev–Trinajstić information content (AvgIpc) is 3.43. The molecule has 3 aromatic heterocycles. The molecule has 0 radical (unpaired) electrons. The summed E-state index contributed by atoms with van der Waals surface area (Å²) in [6.07, 6.45) is 8.58. The first-order chi connectivity index (χ1) is 14.5. The molecule has 10 heteroatoms. The number of halogens is 1. The molecule has 1 saturated heterocycles. The molecule has 30 heavy (non-hydrogen) atoms. The van der Waals surface area contributed by atoms with Gasteiger partial charge in [0.15, 0.2) is 0 Å². The molecule has 4 aromatic rings. The minimum Gasteiger partial charge on any atom is -0.346 e. The Hall–Kier alpha value is -2.56. The molecule has 154 valence electrons. The lowest BCUT2D eigenvalue weighted by Crippen LogP contribution is -2.39. The second kappa shape index (κ2) is 7.60. The highest BCUT2D eigenvalue weighted by atomic mass is 79.9. The first-order valence-electron chi connectivity index (χ1n) is 9.61. The number of aromatic nitrogens is 5. The minimum absolute atomic E-state index is 0.149. The Morgan fingerprint density at radius 2 is 1.97 bits per heavy atom. The van der Waals surface area contributed by atoms with Gasteiger partial charge < -0.3 is 4.98 Å². The highest BCUT2D eigenvalue weighted by Gasteiger charge is 2.30. The lowest BCUT2D eigenvalue weighted by molar-refractivity contribution is 0.261. The van der Waals surface area contributed by atoms with Crippen LogP contribution in [0, 0.1) is 0 Å². The molecule has 1 aliphatic rings. The van der Waals surface area contributed by atoms with Gasteiger partial charge in [0.1, 0.15) is 12.0 Å². The molecule has 4 heterocycles. The van der Waals surface area contributed by atoms with E-state index in [9.17, 15) is 8.42 Å². The third-order valence-electron chi connectivity index (χ3n) is 5.46. The van der Waals surface area contributed by atoms with Crippen molar-refractivity contribution in [3.8, 4) is 11.3 Å². The number of nitrogens with zero attached hydrogens (tertiary/aromatic N) is 5. The van der Waals surface area contributed by atoms with Crippen molar-refractivity contribution in [3.05, 3.63) is 59.7 Å². The monoisotopic (exact) mass is 486 g/mol. The molecule has 1 aliphatic heterocycles. The number of hydrogen-bond donors (Lipinski definition) is 1. The summed E-state index contributed by atoms with van der Waals surface area (Å²) in [5, 5.41) is 5.49. The summed E-state index contributed by atoms with van der Waals surface area (Å²) in [5.41, 5.74) is 2.55. The lowest BCUT2D eigenvalue weighted by atomic mass is 10.1. The SMILES string of the molecule is O=S(=O)(c1cccc(Br)c1)N1CCC(n2cc(-c3ncnc4[nH]ccc34)cn2)CC1. The number of H-pyrrole nitrogens is 1. The van der Waals surface area contributed by atoms with Gasteiger partial charge >= 0.3 is 0 Å². The maximum atomic E-state index is 12.9. The van der Waals surface area contributed by atoms with Crippen molar-refractivity contribution < 1.29 is 8.42 Å². The van der Waals surface area contributed by atoms with Gasteiger partial charge in [0.05, 0.1) is 22.8 Å². The fraction of sp³-hybridized carbons (Fsp3) is 0.250. The molecule has 1 fully saturated rings. The maximum absolute atomic E-state index is 12.9. The molecule has 1 N–H and O–H groups in total. The molecule has 0 bridgehead atoms. The topological polar surface area (TPSA) is 96.8 Å². The molecule has 0 unspecified atom stereocenters. The second-order valence-corrected chi connectivity index (χ2v) is 10.1. The van der Waals surface area contributed by atoms with Crippen molar-refractivity contribution >= 4 is 37.0 Å². The van der Waals surface area contributed by atoms with E-state index < -0.39 is 10.0 Å². The predicted molar refractivity (Wildman–Crippen MR) is 116 cm³/mol. The van der Waals surface area contributed by atoms with E-state index in [0.717, 1.165) is 26.8 Å². The number of rotatable bonds is 4. The van der Waals surface area contributed by atoms with E-state index in [1.165, 1.54) is 6.33 Å². The largest absolute Gasteiger partial charge is 0.346 e.